The maximum Gasteiger partial charge on any atom is 0.206 e. The topological polar surface area (TPSA) is 156 Å². The first-order valence-electron chi connectivity index (χ1n) is 22.2. The van der Waals surface area contributed by atoms with Gasteiger partial charge in [-0.2, -0.15) is 0 Å². The molecule has 4 N–H and O–H groups in total. The van der Waals surface area contributed by atoms with E-state index in [9.17, 15) is 10.2 Å². The SMILES string of the molecule is CCCN1CC(C)(O)Cn2c1nc1c(N(Cc3ccc(OC)cc3)Cc3ccc(OC)cc3)nc3ccccc3c12.CCCN1CC(C)(O)Cn2c1nc1c(N)nc3ccccc3c12. The first kappa shape index (κ1) is 42.7. The molecule has 10 rings (SSSR count). The van der Waals surface area contributed by atoms with E-state index in [1.54, 1.807) is 14.2 Å². The number of rotatable bonds is 11. The number of para-hydroxylation sites is 2. The van der Waals surface area contributed by atoms with Gasteiger partial charge in [0.1, 0.15) is 22.5 Å². The summed E-state index contributed by atoms with van der Waals surface area (Å²) in [6.45, 7) is 13.1. The lowest BCUT2D eigenvalue weighted by Gasteiger charge is -2.38. The zero-order valence-corrected chi connectivity index (χ0v) is 37.6. The minimum Gasteiger partial charge on any atom is -0.497 e. The van der Waals surface area contributed by atoms with E-state index >= 15 is 0 Å². The number of ether oxygens (including phenoxy) is 2. The lowest BCUT2D eigenvalue weighted by atomic mass is 10.0. The van der Waals surface area contributed by atoms with Gasteiger partial charge in [0.2, 0.25) is 11.9 Å². The number of aliphatic hydroxyl groups is 2. The fourth-order valence-corrected chi connectivity index (χ4v) is 9.41. The summed E-state index contributed by atoms with van der Waals surface area (Å²) in [5, 5.41) is 24.0. The predicted molar refractivity (Wildman–Crippen MR) is 257 cm³/mol. The number of nitrogens with two attached hydrogens (primary N) is 1. The van der Waals surface area contributed by atoms with E-state index < -0.39 is 11.2 Å². The fourth-order valence-electron chi connectivity index (χ4n) is 9.41. The van der Waals surface area contributed by atoms with Crippen molar-refractivity contribution in [1.82, 2.24) is 29.1 Å². The van der Waals surface area contributed by atoms with Crippen LogP contribution in [-0.2, 0) is 26.2 Å². The molecule has 4 aromatic heterocycles. The number of nitrogens with zero attached hydrogens (tertiary/aromatic N) is 9. The summed E-state index contributed by atoms with van der Waals surface area (Å²) in [4.78, 5) is 26.4. The number of hydrogen-bond acceptors (Lipinski definition) is 12. The maximum absolute atomic E-state index is 11.3. The van der Waals surface area contributed by atoms with Crippen molar-refractivity contribution in [3.63, 3.8) is 0 Å². The fraction of sp³-hybridized carbons (Fsp3) is 0.360. The standard InChI is InChI=1S/C33H37N5O3.C17H21N5O/c1-5-18-36-21-33(2,39)22-38-30-27-8-6-7-9-28(27)34-31(29(30)35-32(36)38)37(19-23-10-14-25(40-3)15-11-23)20-24-12-16-26(41-4)17-13-24;1-3-8-21-9-17(2,23)10-22-14-11-6-4-5-7-12(11)19-15(18)13(14)20-16(21)22/h6-17,39H,5,18-22H2,1-4H3;4-7,23H,3,8-10H2,1-2H3,(H2,18,19). The van der Waals surface area contributed by atoms with E-state index in [1.807, 2.05) is 74.5 Å². The van der Waals surface area contributed by atoms with Gasteiger partial charge in [0.05, 0.1) is 73.7 Å². The number of hydrogen-bond donors (Lipinski definition) is 3. The van der Waals surface area contributed by atoms with E-state index in [1.165, 1.54) is 0 Å². The lowest BCUT2D eigenvalue weighted by Crippen LogP contribution is -2.49. The second kappa shape index (κ2) is 17.1. The Hall–Kier alpha value is -6.64. The van der Waals surface area contributed by atoms with Gasteiger partial charge in [-0.05, 0) is 74.2 Å². The average Bonchev–Trinajstić information content (AvgIpc) is 3.86. The largest absolute Gasteiger partial charge is 0.497 e. The molecule has 0 aliphatic carbocycles. The van der Waals surface area contributed by atoms with Gasteiger partial charge in [0.25, 0.3) is 0 Å². The molecule has 0 saturated carbocycles. The second-order valence-electron chi connectivity index (χ2n) is 17.7. The van der Waals surface area contributed by atoms with Gasteiger partial charge in [-0.3, -0.25) is 0 Å². The number of fused-ring (bicyclic) bond motifs is 10. The van der Waals surface area contributed by atoms with E-state index in [0.717, 1.165) is 110 Å². The molecule has 14 heteroatoms. The molecule has 0 bridgehead atoms. The summed E-state index contributed by atoms with van der Waals surface area (Å²) in [7, 11) is 3.36. The van der Waals surface area contributed by atoms with Gasteiger partial charge in [-0.1, -0.05) is 74.5 Å². The van der Waals surface area contributed by atoms with E-state index in [4.69, 9.17) is 30.2 Å². The molecular weight excluding hydrogens is 805 g/mol. The van der Waals surface area contributed by atoms with Crippen LogP contribution in [0.2, 0.25) is 0 Å². The molecule has 64 heavy (non-hydrogen) atoms. The van der Waals surface area contributed by atoms with Crippen molar-refractivity contribution in [1.29, 1.82) is 0 Å². The monoisotopic (exact) mass is 862 g/mol. The highest BCUT2D eigenvalue weighted by Crippen LogP contribution is 2.40. The van der Waals surface area contributed by atoms with Crippen LogP contribution in [0.1, 0.15) is 51.7 Å². The highest BCUT2D eigenvalue weighted by molar-refractivity contribution is 6.09. The number of aromatic nitrogens is 6. The number of imidazole rings is 2. The van der Waals surface area contributed by atoms with E-state index in [0.29, 0.717) is 45.1 Å². The summed E-state index contributed by atoms with van der Waals surface area (Å²) in [6, 6.07) is 32.5. The minimum atomic E-state index is -0.869. The Bertz CT molecular complexity index is 2890. The van der Waals surface area contributed by atoms with Crippen molar-refractivity contribution in [2.45, 2.75) is 77.9 Å². The molecule has 0 spiro atoms. The van der Waals surface area contributed by atoms with Crippen molar-refractivity contribution < 1.29 is 19.7 Å². The molecule has 0 amide bonds. The molecule has 2 aliphatic rings. The van der Waals surface area contributed by atoms with E-state index in [-0.39, 0.29) is 0 Å². The van der Waals surface area contributed by atoms with Crippen molar-refractivity contribution in [3.8, 4) is 11.5 Å². The number of β-amino-alcohol motifs (C(OH)–C–C–N with tert-alkyl or cyclic N) is 2. The Labute approximate surface area is 373 Å². The number of benzene rings is 4. The third-order valence-corrected chi connectivity index (χ3v) is 12.1. The molecule has 8 aromatic rings. The lowest BCUT2D eigenvalue weighted by molar-refractivity contribution is 0.0412. The van der Waals surface area contributed by atoms with Crippen LogP contribution in [0.5, 0.6) is 11.5 Å². The number of pyridine rings is 2. The molecule has 4 aromatic carbocycles. The van der Waals surface area contributed by atoms with Gasteiger partial charge >= 0.3 is 0 Å². The quantitative estimate of drug-likeness (QED) is 0.116. The molecule has 2 aliphatic heterocycles. The zero-order valence-electron chi connectivity index (χ0n) is 37.6. The molecule has 332 valence electrons. The summed E-state index contributed by atoms with van der Waals surface area (Å²) in [6.07, 6.45) is 1.96. The highest BCUT2D eigenvalue weighted by Gasteiger charge is 2.37. The Morgan fingerprint density at radius 3 is 1.50 bits per heavy atom. The van der Waals surface area contributed by atoms with Crippen molar-refractivity contribution in [3.05, 3.63) is 108 Å². The molecular formula is C50H58N10O4. The van der Waals surface area contributed by atoms with Crippen LogP contribution in [0.4, 0.5) is 23.5 Å². The third kappa shape index (κ3) is 8.19. The molecule has 2 atom stereocenters. The van der Waals surface area contributed by atoms with Crippen LogP contribution in [0.3, 0.4) is 0 Å². The second-order valence-corrected chi connectivity index (χ2v) is 17.7. The predicted octanol–water partition coefficient (Wildman–Crippen LogP) is 7.94. The summed E-state index contributed by atoms with van der Waals surface area (Å²) < 4.78 is 15.1. The van der Waals surface area contributed by atoms with Crippen LogP contribution < -0.4 is 29.9 Å². The highest BCUT2D eigenvalue weighted by atomic mass is 16.5. The van der Waals surface area contributed by atoms with Crippen LogP contribution >= 0.6 is 0 Å². The van der Waals surface area contributed by atoms with E-state index in [2.05, 4.69) is 79.1 Å². The average molecular weight is 863 g/mol. The third-order valence-electron chi connectivity index (χ3n) is 12.1. The Morgan fingerprint density at radius 2 is 1.03 bits per heavy atom. The first-order chi connectivity index (χ1) is 30.9. The molecule has 2 unspecified atom stereocenters. The van der Waals surface area contributed by atoms with Crippen LogP contribution in [0, 0.1) is 0 Å². The Morgan fingerprint density at radius 1 is 0.594 bits per heavy atom. The molecule has 0 radical (unpaired) electrons. The van der Waals surface area contributed by atoms with Crippen molar-refractivity contribution >= 4 is 67.4 Å². The van der Waals surface area contributed by atoms with Crippen molar-refractivity contribution in [2.75, 3.05) is 60.8 Å². The zero-order chi connectivity index (χ0) is 44.8. The number of anilines is 4. The van der Waals surface area contributed by atoms with Crippen LogP contribution in [0.15, 0.2) is 97.1 Å². The summed E-state index contributed by atoms with van der Waals surface area (Å²) in [5.74, 6) is 4.68. The van der Waals surface area contributed by atoms with Crippen LogP contribution in [-0.4, -0.2) is 90.9 Å². The van der Waals surface area contributed by atoms with Crippen LogP contribution in [0.25, 0.3) is 43.9 Å². The van der Waals surface area contributed by atoms with Gasteiger partial charge in [0.15, 0.2) is 11.6 Å². The smallest absolute Gasteiger partial charge is 0.206 e. The van der Waals surface area contributed by atoms with Gasteiger partial charge in [-0.15, -0.1) is 0 Å². The Kier molecular flexibility index (Phi) is 11.4. The summed E-state index contributed by atoms with van der Waals surface area (Å²) >= 11 is 0. The molecule has 14 nitrogen and oxygen atoms in total. The van der Waals surface area contributed by atoms with Gasteiger partial charge < -0.3 is 49.3 Å². The first-order valence-corrected chi connectivity index (χ1v) is 22.2. The molecule has 0 fully saturated rings. The Balaban J connectivity index is 0.000000190. The number of methoxy groups -OCH3 is 2. The maximum atomic E-state index is 11.3. The molecule has 0 saturated heterocycles. The minimum absolute atomic E-state index is 0.441. The molecule has 6 heterocycles. The summed E-state index contributed by atoms with van der Waals surface area (Å²) in [5.41, 5.74) is 12.1. The van der Waals surface area contributed by atoms with Crippen molar-refractivity contribution in [2.24, 2.45) is 0 Å². The van der Waals surface area contributed by atoms with Gasteiger partial charge in [0, 0.05) is 37.0 Å². The normalized spacial score (nSPS) is 18.2. The van der Waals surface area contributed by atoms with Gasteiger partial charge in [-0.25, -0.2) is 19.9 Å². The number of nitrogen functional groups attached to an aromatic ring is 1.